The van der Waals surface area contributed by atoms with E-state index >= 15 is 0 Å². The van der Waals surface area contributed by atoms with Gasteiger partial charge in [0.1, 0.15) is 5.60 Å². The van der Waals surface area contributed by atoms with Crippen molar-refractivity contribution in [3.05, 3.63) is 35.4 Å². The summed E-state index contributed by atoms with van der Waals surface area (Å²) in [5.41, 5.74) is 0.424. The molecule has 0 saturated carbocycles. The summed E-state index contributed by atoms with van der Waals surface area (Å²) < 4.78 is 5.42. The Kier molecular flexibility index (Phi) is 5.97. The second-order valence-electron chi connectivity index (χ2n) is 6.76. The summed E-state index contributed by atoms with van der Waals surface area (Å²) in [6, 6.07) is 6.61. The third-order valence-corrected chi connectivity index (χ3v) is 2.78. The van der Waals surface area contributed by atoms with Crippen LogP contribution in [-0.2, 0) is 11.3 Å². The Hall–Kier alpha value is -2.04. The molecular formula is C17H25NO4. The van der Waals surface area contributed by atoms with Gasteiger partial charge in [0.15, 0.2) is 0 Å². The molecule has 5 nitrogen and oxygen atoms in total. The fourth-order valence-electron chi connectivity index (χ4n) is 1.99. The van der Waals surface area contributed by atoms with E-state index in [0.717, 1.165) is 5.56 Å². The van der Waals surface area contributed by atoms with Gasteiger partial charge in [0.25, 0.3) is 0 Å². The van der Waals surface area contributed by atoms with Crippen molar-refractivity contribution in [2.24, 2.45) is 5.92 Å². The molecule has 1 rings (SSSR count). The van der Waals surface area contributed by atoms with Crippen LogP contribution in [0.5, 0.6) is 0 Å². The minimum Gasteiger partial charge on any atom is -0.478 e. The summed E-state index contributed by atoms with van der Waals surface area (Å²) in [7, 11) is 0. The van der Waals surface area contributed by atoms with E-state index in [1.54, 1.807) is 17.0 Å². The minimum atomic E-state index is -0.977. The lowest BCUT2D eigenvalue weighted by atomic mass is 10.1. The molecule has 0 aliphatic rings. The minimum absolute atomic E-state index is 0.214. The Balaban J connectivity index is 2.91. The molecule has 0 aliphatic heterocycles. The molecule has 122 valence electrons. The van der Waals surface area contributed by atoms with E-state index in [1.165, 1.54) is 6.07 Å². The van der Waals surface area contributed by atoms with Crippen molar-refractivity contribution in [1.29, 1.82) is 0 Å². The van der Waals surface area contributed by atoms with Crippen LogP contribution in [0.2, 0.25) is 0 Å². The maximum Gasteiger partial charge on any atom is 0.410 e. The van der Waals surface area contributed by atoms with Crippen LogP contribution in [0.4, 0.5) is 4.79 Å². The van der Waals surface area contributed by atoms with Gasteiger partial charge in [-0.25, -0.2) is 9.59 Å². The second-order valence-corrected chi connectivity index (χ2v) is 6.76. The molecule has 0 unspecified atom stereocenters. The van der Waals surface area contributed by atoms with E-state index in [1.807, 2.05) is 40.7 Å². The highest BCUT2D eigenvalue weighted by molar-refractivity contribution is 5.87. The van der Waals surface area contributed by atoms with Crippen molar-refractivity contribution in [1.82, 2.24) is 4.90 Å². The van der Waals surface area contributed by atoms with Gasteiger partial charge in [0, 0.05) is 13.1 Å². The number of carbonyl (C=O) groups is 2. The van der Waals surface area contributed by atoms with Crippen LogP contribution < -0.4 is 0 Å². The first-order valence-corrected chi connectivity index (χ1v) is 7.38. The molecule has 22 heavy (non-hydrogen) atoms. The third kappa shape index (κ3) is 6.16. The Morgan fingerprint density at radius 2 is 1.91 bits per heavy atom. The molecule has 0 aromatic heterocycles. The van der Waals surface area contributed by atoms with Crippen LogP contribution in [0, 0.1) is 5.92 Å². The number of ether oxygens (including phenoxy) is 1. The lowest BCUT2D eigenvalue weighted by Crippen LogP contribution is -2.38. The number of hydrogen-bond donors (Lipinski definition) is 1. The van der Waals surface area contributed by atoms with Crippen molar-refractivity contribution in [2.75, 3.05) is 6.54 Å². The fourth-order valence-corrected chi connectivity index (χ4v) is 1.99. The topological polar surface area (TPSA) is 66.8 Å². The highest BCUT2D eigenvalue weighted by Gasteiger charge is 2.23. The standard InChI is InChI=1S/C17H25NO4/c1-12(2)10-18(16(21)22-17(3,4)5)11-13-7-6-8-14(9-13)15(19)20/h6-9,12H,10-11H2,1-5H3,(H,19,20). The molecule has 5 heteroatoms. The van der Waals surface area contributed by atoms with Crippen molar-refractivity contribution in [3.63, 3.8) is 0 Å². The summed E-state index contributed by atoms with van der Waals surface area (Å²) in [6.07, 6.45) is -0.387. The van der Waals surface area contributed by atoms with E-state index < -0.39 is 11.6 Å². The largest absolute Gasteiger partial charge is 0.478 e. The van der Waals surface area contributed by atoms with Gasteiger partial charge in [-0.05, 0) is 44.4 Å². The van der Waals surface area contributed by atoms with Crippen LogP contribution in [0.15, 0.2) is 24.3 Å². The normalized spacial score (nSPS) is 11.4. The molecule has 1 aromatic rings. The van der Waals surface area contributed by atoms with E-state index in [9.17, 15) is 9.59 Å². The van der Waals surface area contributed by atoms with Crippen LogP contribution in [0.25, 0.3) is 0 Å². The monoisotopic (exact) mass is 307 g/mol. The van der Waals surface area contributed by atoms with Crippen LogP contribution in [0.1, 0.15) is 50.5 Å². The highest BCUT2D eigenvalue weighted by atomic mass is 16.6. The van der Waals surface area contributed by atoms with Crippen molar-refractivity contribution in [3.8, 4) is 0 Å². The maximum absolute atomic E-state index is 12.3. The van der Waals surface area contributed by atoms with Gasteiger partial charge in [-0.3, -0.25) is 0 Å². The Labute approximate surface area is 131 Å². The maximum atomic E-state index is 12.3. The molecule has 0 atom stereocenters. The summed E-state index contributed by atoms with van der Waals surface area (Å²) in [5.74, 6) is -0.690. The zero-order chi connectivity index (χ0) is 16.9. The van der Waals surface area contributed by atoms with Crippen molar-refractivity contribution >= 4 is 12.1 Å². The smallest absolute Gasteiger partial charge is 0.410 e. The number of nitrogens with zero attached hydrogens (tertiary/aromatic N) is 1. The Morgan fingerprint density at radius 3 is 2.41 bits per heavy atom. The lowest BCUT2D eigenvalue weighted by molar-refractivity contribution is 0.0211. The molecule has 0 spiro atoms. The van der Waals surface area contributed by atoms with E-state index in [0.29, 0.717) is 13.1 Å². The first kappa shape index (κ1) is 18.0. The third-order valence-electron chi connectivity index (χ3n) is 2.78. The SMILES string of the molecule is CC(C)CN(Cc1cccc(C(=O)O)c1)C(=O)OC(C)(C)C. The molecule has 1 amide bonds. The van der Waals surface area contributed by atoms with Crippen LogP contribution >= 0.6 is 0 Å². The van der Waals surface area contributed by atoms with Crippen molar-refractivity contribution < 1.29 is 19.4 Å². The molecule has 0 aliphatic carbocycles. The molecule has 0 heterocycles. The van der Waals surface area contributed by atoms with E-state index in [2.05, 4.69) is 0 Å². The molecule has 0 fully saturated rings. The molecule has 0 bridgehead atoms. The molecule has 1 aromatic carbocycles. The van der Waals surface area contributed by atoms with E-state index in [4.69, 9.17) is 9.84 Å². The van der Waals surface area contributed by atoms with Crippen LogP contribution in [-0.4, -0.2) is 34.2 Å². The number of benzene rings is 1. The van der Waals surface area contributed by atoms with Gasteiger partial charge < -0.3 is 14.7 Å². The number of hydrogen-bond acceptors (Lipinski definition) is 3. The summed E-state index contributed by atoms with van der Waals surface area (Å²) >= 11 is 0. The van der Waals surface area contributed by atoms with Gasteiger partial charge >= 0.3 is 12.1 Å². The predicted octanol–water partition coefficient (Wildman–Crippen LogP) is 3.78. The van der Waals surface area contributed by atoms with Crippen LogP contribution in [0.3, 0.4) is 0 Å². The molecule has 0 radical (unpaired) electrons. The Bertz CT molecular complexity index is 532. The second kappa shape index (κ2) is 7.29. The van der Waals surface area contributed by atoms with Gasteiger partial charge in [0.2, 0.25) is 0 Å². The predicted molar refractivity (Wildman–Crippen MR) is 84.9 cm³/mol. The summed E-state index contributed by atoms with van der Waals surface area (Å²) in [6.45, 7) is 10.4. The highest BCUT2D eigenvalue weighted by Crippen LogP contribution is 2.15. The molecular weight excluding hydrogens is 282 g/mol. The Morgan fingerprint density at radius 1 is 1.27 bits per heavy atom. The van der Waals surface area contributed by atoms with E-state index in [-0.39, 0.29) is 17.6 Å². The average molecular weight is 307 g/mol. The first-order valence-electron chi connectivity index (χ1n) is 7.38. The quantitative estimate of drug-likeness (QED) is 0.899. The molecule has 0 saturated heterocycles. The summed E-state index contributed by atoms with van der Waals surface area (Å²) in [5, 5.41) is 9.05. The lowest BCUT2D eigenvalue weighted by Gasteiger charge is -2.28. The average Bonchev–Trinajstić information content (AvgIpc) is 2.35. The van der Waals surface area contributed by atoms with Gasteiger partial charge in [-0.2, -0.15) is 0 Å². The number of aromatic carboxylic acids is 1. The van der Waals surface area contributed by atoms with Crippen molar-refractivity contribution in [2.45, 2.75) is 46.8 Å². The van der Waals surface area contributed by atoms with Gasteiger partial charge in [0.05, 0.1) is 5.56 Å². The summed E-state index contributed by atoms with van der Waals surface area (Å²) in [4.78, 5) is 24.9. The number of carboxylic acid groups (broad SMARTS) is 1. The fraction of sp³-hybridized carbons (Fsp3) is 0.529. The number of rotatable bonds is 5. The number of amides is 1. The van der Waals surface area contributed by atoms with Gasteiger partial charge in [-0.15, -0.1) is 0 Å². The number of carboxylic acids is 1. The zero-order valence-corrected chi connectivity index (χ0v) is 13.9. The number of carbonyl (C=O) groups excluding carboxylic acids is 1. The zero-order valence-electron chi connectivity index (χ0n) is 13.9. The first-order chi connectivity index (χ1) is 10.1. The van der Waals surface area contributed by atoms with Gasteiger partial charge in [-0.1, -0.05) is 26.0 Å². The molecule has 1 N–H and O–H groups in total.